The number of carbonyl (C=O) groups excluding carboxylic acids is 1. The normalized spacial score (nSPS) is 12.5. The van der Waals surface area contributed by atoms with Crippen LogP contribution in [0.2, 0.25) is 0 Å². The summed E-state index contributed by atoms with van der Waals surface area (Å²) in [5.74, 6) is -0.0506. The van der Waals surface area contributed by atoms with Crippen LogP contribution in [-0.4, -0.2) is 42.6 Å². The third-order valence-electron chi connectivity index (χ3n) is 3.27. The second kappa shape index (κ2) is 7.49. The molecule has 2 N–H and O–H groups in total. The van der Waals surface area contributed by atoms with E-state index in [4.69, 9.17) is 10.5 Å². The molecule has 1 aromatic carbocycles. The highest BCUT2D eigenvalue weighted by molar-refractivity contribution is 7.18. The first-order chi connectivity index (χ1) is 10.1. The van der Waals surface area contributed by atoms with Gasteiger partial charge in [-0.3, -0.25) is 4.79 Å². The number of thiazole rings is 1. The third-order valence-corrected chi connectivity index (χ3v) is 4.29. The maximum atomic E-state index is 12.2. The van der Waals surface area contributed by atoms with E-state index in [0.717, 1.165) is 21.6 Å². The second-order valence-corrected chi connectivity index (χ2v) is 6.13. The molecule has 1 unspecified atom stereocenters. The molecule has 1 atom stereocenters. The number of para-hydroxylation sites is 1. The number of aromatic nitrogens is 1. The highest BCUT2D eigenvalue weighted by Crippen LogP contribution is 2.22. The summed E-state index contributed by atoms with van der Waals surface area (Å²) >= 11 is 1.61. The predicted octanol–water partition coefficient (Wildman–Crippen LogP) is 2.01. The molecule has 0 saturated carbocycles. The Labute approximate surface area is 128 Å². The average molecular weight is 307 g/mol. The largest absolute Gasteiger partial charge is 0.385 e. The van der Waals surface area contributed by atoms with Crippen LogP contribution in [0.25, 0.3) is 10.2 Å². The van der Waals surface area contributed by atoms with Gasteiger partial charge in [0.05, 0.1) is 22.8 Å². The van der Waals surface area contributed by atoms with Gasteiger partial charge in [-0.2, -0.15) is 0 Å². The number of likely N-dealkylation sites (N-methyl/N-ethyl adjacent to an activating group) is 1. The highest BCUT2D eigenvalue weighted by Gasteiger charge is 2.18. The van der Waals surface area contributed by atoms with Crippen LogP contribution in [0, 0.1) is 0 Å². The summed E-state index contributed by atoms with van der Waals surface area (Å²) in [7, 11) is 3.41. The van der Waals surface area contributed by atoms with Crippen LogP contribution < -0.4 is 5.73 Å². The van der Waals surface area contributed by atoms with Gasteiger partial charge in [0, 0.05) is 20.8 Å². The van der Waals surface area contributed by atoms with Crippen LogP contribution >= 0.6 is 11.3 Å². The average Bonchev–Trinajstić information content (AvgIpc) is 2.88. The Morgan fingerprint density at radius 2 is 2.24 bits per heavy atom. The molecule has 2 rings (SSSR count). The number of carbonyl (C=O) groups is 1. The highest BCUT2D eigenvalue weighted by atomic mass is 32.1. The Bertz CT molecular complexity index is 566. The maximum absolute atomic E-state index is 12.2. The molecule has 1 heterocycles. The monoisotopic (exact) mass is 307 g/mol. The van der Waals surface area contributed by atoms with Crippen LogP contribution in [0.5, 0.6) is 0 Å². The summed E-state index contributed by atoms with van der Waals surface area (Å²) in [6, 6.07) is 7.50. The molecule has 0 aliphatic carbocycles. The van der Waals surface area contributed by atoms with E-state index in [0.29, 0.717) is 19.6 Å². The molecule has 0 aliphatic heterocycles. The molecule has 2 aromatic rings. The fraction of sp³-hybridized carbons (Fsp3) is 0.467. The molecule has 0 radical (unpaired) electrons. The molecule has 0 aliphatic rings. The molecule has 114 valence electrons. The van der Waals surface area contributed by atoms with E-state index in [1.54, 1.807) is 30.4 Å². The number of ether oxygens (including phenoxy) is 1. The van der Waals surface area contributed by atoms with E-state index in [9.17, 15) is 4.79 Å². The van der Waals surface area contributed by atoms with Crippen molar-refractivity contribution >= 4 is 27.5 Å². The van der Waals surface area contributed by atoms with Crippen molar-refractivity contribution in [2.75, 3.05) is 20.8 Å². The van der Waals surface area contributed by atoms with Crippen LogP contribution in [0.15, 0.2) is 24.3 Å². The van der Waals surface area contributed by atoms with Crippen molar-refractivity contribution in [1.29, 1.82) is 0 Å². The zero-order chi connectivity index (χ0) is 15.2. The number of methoxy groups -OCH3 is 1. The van der Waals surface area contributed by atoms with Crippen molar-refractivity contribution in [3.05, 3.63) is 29.3 Å². The topological polar surface area (TPSA) is 68.5 Å². The minimum atomic E-state index is -0.473. The van der Waals surface area contributed by atoms with Crippen molar-refractivity contribution in [3.63, 3.8) is 0 Å². The summed E-state index contributed by atoms with van der Waals surface area (Å²) in [6.45, 7) is 1.12. The fourth-order valence-electron chi connectivity index (χ4n) is 2.12. The molecule has 5 nitrogen and oxygen atoms in total. The molecule has 0 fully saturated rings. The van der Waals surface area contributed by atoms with Gasteiger partial charge < -0.3 is 15.4 Å². The van der Waals surface area contributed by atoms with Crippen molar-refractivity contribution in [2.45, 2.75) is 25.4 Å². The summed E-state index contributed by atoms with van der Waals surface area (Å²) in [5.41, 5.74) is 6.90. The number of benzene rings is 1. The van der Waals surface area contributed by atoms with E-state index in [2.05, 4.69) is 4.98 Å². The van der Waals surface area contributed by atoms with E-state index < -0.39 is 6.04 Å². The van der Waals surface area contributed by atoms with Gasteiger partial charge in [0.2, 0.25) is 5.91 Å². The number of hydrogen-bond acceptors (Lipinski definition) is 5. The molecule has 1 amide bonds. The van der Waals surface area contributed by atoms with Crippen LogP contribution in [0.3, 0.4) is 0 Å². The zero-order valence-corrected chi connectivity index (χ0v) is 13.2. The van der Waals surface area contributed by atoms with Crippen LogP contribution in [0.4, 0.5) is 0 Å². The summed E-state index contributed by atoms with van der Waals surface area (Å²) in [4.78, 5) is 18.4. The lowest BCUT2D eigenvalue weighted by Gasteiger charge is -2.20. The van der Waals surface area contributed by atoms with Gasteiger partial charge in [0.25, 0.3) is 0 Å². The van der Waals surface area contributed by atoms with Crippen molar-refractivity contribution < 1.29 is 9.53 Å². The number of fused-ring (bicyclic) bond motifs is 1. The van der Waals surface area contributed by atoms with Gasteiger partial charge in [-0.15, -0.1) is 11.3 Å². The van der Waals surface area contributed by atoms with Gasteiger partial charge in [0.1, 0.15) is 5.01 Å². The van der Waals surface area contributed by atoms with E-state index in [1.807, 2.05) is 24.3 Å². The SMILES string of the molecule is COCCCC(N)C(=O)N(C)Cc1nc2ccccc2s1. The first-order valence-electron chi connectivity index (χ1n) is 6.95. The number of nitrogens with zero attached hydrogens (tertiary/aromatic N) is 2. The van der Waals surface area contributed by atoms with E-state index in [1.165, 1.54) is 0 Å². The number of amides is 1. The van der Waals surface area contributed by atoms with Crippen molar-refractivity contribution in [1.82, 2.24) is 9.88 Å². The van der Waals surface area contributed by atoms with Gasteiger partial charge in [0.15, 0.2) is 0 Å². The smallest absolute Gasteiger partial charge is 0.239 e. The molecular formula is C15H21N3O2S. The first kappa shape index (κ1) is 15.9. The Balaban J connectivity index is 1.93. The standard InChI is InChI=1S/C15H21N3O2S/c1-18(15(19)11(16)6-5-9-20-2)10-14-17-12-7-3-4-8-13(12)21-14/h3-4,7-8,11H,5-6,9-10,16H2,1-2H3. The Kier molecular flexibility index (Phi) is 5.67. The van der Waals surface area contributed by atoms with Crippen LogP contribution in [0.1, 0.15) is 17.8 Å². The number of rotatable bonds is 7. The molecular weight excluding hydrogens is 286 g/mol. The number of nitrogens with two attached hydrogens (primary N) is 1. The molecule has 0 bridgehead atoms. The molecule has 6 heteroatoms. The Morgan fingerprint density at radius 3 is 2.95 bits per heavy atom. The molecule has 21 heavy (non-hydrogen) atoms. The first-order valence-corrected chi connectivity index (χ1v) is 7.77. The van der Waals surface area contributed by atoms with Crippen molar-refractivity contribution in [2.24, 2.45) is 5.73 Å². The molecule has 0 saturated heterocycles. The lowest BCUT2D eigenvalue weighted by molar-refractivity contribution is -0.132. The zero-order valence-electron chi connectivity index (χ0n) is 12.4. The summed E-state index contributed by atoms with van der Waals surface area (Å²) in [6.07, 6.45) is 1.43. The Morgan fingerprint density at radius 1 is 1.48 bits per heavy atom. The maximum Gasteiger partial charge on any atom is 0.239 e. The lowest BCUT2D eigenvalue weighted by Crippen LogP contribution is -2.41. The van der Waals surface area contributed by atoms with Gasteiger partial charge >= 0.3 is 0 Å². The van der Waals surface area contributed by atoms with Crippen LogP contribution in [-0.2, 0) is 16.1 Å². The van der Waals surface area contributed by atoms with E-state index >= 15 is 0 Å². The minimum absolute atomic E-state index is 0.0506. The summed E-state index contributed by atoms with van der Waals surface area (Å²) < 4.78 is 6.11. The van der Waals surface area contributed by atoms with Crippen molar-refractivity contribution in [3.8, 4) is 0 Å². The van der Waals surface area contributed by atoms with Gasteiger partial charge in [-0.25, -0.2) is 4.98 Å². The number of hydrogen-bond donors (Lipinski definition) is 1. The van der Waals surface area contributed by atoms with E-state index in [-0.39, 0.29) is 5.91 Å². The second-order valence-electron chi connectivity index (χ2n) is 5.01. The lowest BCUT2D eigenvalue weighted by atomic mass is 10.1. The fourth-order valence-corrected chi connectivity index (χ4v) is 3.14. The Hall–Kier alpha value is -1.50. The quantitative estimate of drug-likeness (QED) is 0.795. The van der Waals surface area contributed by atoms with Gasteiger partial charge in [-0.05, 0) is 25.0 Å². The predicted molar refractivity (Wildman–Crippen MR) is 85.2 cm³/mol. The molecule has 1 aromatic heterocycles. The minimum Gasteiger partial charge on any atom is -0.385 e. The molecule has 0 spiro atoms. The third kappa shape index (κ3) is 4.23. The summed E-state index contributed by atoms with van der Waals surface area (Å²) in [5, 5.41) is 0.927. The van der Waals surface area contributed by atoms with Gasteiger partial charge in [-0.1, -0.05) is 12.1 Å².